The van der Waals surface area contributed by atoms with Crippen molar-refractivity contribution in [2.45, 2.75) is 63.1 Å². The SMILES string of the molecule is O=C(NOC[C@H]1C[C@@H](CN2CCCCCC2)CN1)C1CCC2CN1C(=O)N2OS(=O)[O-]. The minimum absolute atomic E-state index is 0.192. The summed E-state index contributed by atoms with van der Waals surface area (Å²) >= 11 is -2.83. The summed E-state index contributed by atoms with van der Waals surface area (Å²) in [7, 11) is 0. The monoisotopic (exact) mass is 458 g/mol. The van der Waals surface area contributed by atoms with Gasteiger partial charge in [-0.15, -0.1) is 0 Å². The number of nitrogens with zero attached hydrogens (tertiary/aromatic N) is 3. The lowest BCUT2D eigenvalue weighted by Gasteiger charge is -2.29. The number of rotatable bonds is 8. The first-order valence-electron chi connectivity index (χ1n) is 11.3. The maximum Gasteiger partial charge on any atom is 0.346 e. The Morgan fingerprint density at radius 1 is 1.23 bits per heavy atom. The van der Waals surface area contributed by atoms with Gasteiger partial charge in [0.2, 0.25) is 0 Å². The molecule has 0 aromatic rings. The van der Waals surface area contributed by atoms with Gasteiger partial charge in [-0.05, 0) is 57.7 Å². The molecule has 4 aliphatic heterocycles. The Kier molecular flexibility index (Phi) is 7.77. The van der Waals surface area contributed by atoms with Crippen LogP contribution < -0.4 is 10.8 Å². The average molecular weight is 459 g/mol. The summed E-state index contributed by atoms with van der Waals surface area (Å²) in [5.41, 5.74) is 2.48. The zero-order valence-corrected chi connectivity index (χ0v) is 18.5. The molecule has 4 fully saturated rings. The first-order chi connectivity index (χ1) is 15.0. The Balaban J connectivity index is 1.17. The van der Waals surface area contributed by atoms with Gasteiger partial charge >= 0.3 is 6.03 Å². The Bertz CT molecular complexity index is 676. The number of hydrogen-bond donors (Lipinski definition) is 2. The lowest BCUT2D eigenvalue weighted by molar-refractivity contribution is -0.139. The molecule has 31 heavy (non-hydrogen) atoms. The number of carbonyl (C=O) groups is 2. The van der Waals surface area contributed by atoms with Crippen LogP contribution in [0.4, 0.5) is 4.79 Å². The molecular weight excluding hydrogens is 426 g/mol. The van der Waals surface area contributed by atoms with Crippen molar-refractivity contribution in [2.24, 2.45) is 5.92 Å². The molecule has 5 atom stereocenters. The Morgan fingerprint density at radius 3 is 2.74 bits per heavy atom. The van der Waals surface area contributed by atoms with Crippen molar-refractivity contribution < 1.29 is 27.5 Å². The van der Waals surface area contributed by atoms with Crippen LogP contribution in [0.2, 0.25) is 0 Å². The molecule has 0 saturated carbocycles. The number of hydrogen-bond acceptors (Lipinski definition) is 8. The summed E-state index contributed by atoms with van der Waals surface area (Å²) < 4.78 is 26.1. The number of fused-ring (bicyclic) bond motifs is 2. The quantitative estimate of drug-likeness (QED) is 0.381. The van der Waals surface area contributed by atoms with Crippen LogP contribution in [0, 0.1) is 5.92 Å². The van der Waals surface area contributed by atoms with Crippen LogP contribution in [0.15, 0.2) is 0 Å². The number of piperidine rings is 1. The van der Waals surface area contributed by atoms with Crippen LogP contribution in [0.5, 0.6) is 0 Å². The molecule has 3 unspecified atom stereocenters. The minimum atomic E-state index is -2.83. The Labute approximate surface area is 185 Å². The predicted molar refractivity (Wildman–Crippen MR) is 110 cm³/mol. The summed E-state index contributed by atoms with van der Waals surface area (Å²) in [6, 6.07) is -1.47. The van der Waals surface area contributed by atoms with E-state index in [2.05, 4.69) is 20.0 Å². The zero-order chi connectivity index (χ0) is 21.8. The minimum Gasteiger partial charge on any atom is -0.748 e. The molecule has 4 heterocycles. The van der Waals surface area contributed by atoms with Crippen molar-refractivity contribution in [3.05, 3.63) is 0 Å². The van der Waals surface area contributed by atoms with Gasteiger partial charge in [0.05, 0.1) is 12.6 Å². The maximum absolute atomic E-state index is 12.6. The number of hydroxylamine groups is 3. The van der Waals surface area contributed by atoms with E-state index in [1.54, 1.807) is 0 Å². The Hall–Kier alpha value is -1.31. The number of amides is 3. The standard InChI is InChI=1S/C19H33N5O6S/c25-18(17-6-5-16-12-23(17)19(26)24(16)30-31(27)28)21-29-13-15-9-14(10-20-15)11-22-7-3-1-2-4-8-22/h14-17,20H,1-13H2,(H,21,25)(H,27,28)/p-1/t14-,15-,16?,17?/m1/s1. The van der Waals surface area contributed by atoms with Gasteiger partial charge in [0.1, 0.15) is 17.4 Å². The smallest absolute Gasteiger partial charge is 0.346 e. The highest BCUT2D eigenvalue weighted by molar-refractivity contribution is 7.74. The van der Waals surface area contributed by atoms with Gasteiger partial charge in [-0.3, -0.25) is 9.63 Å². The van der Waals surface area contributed by atoms with Crippen molar-refractivity contribution in [3.8, 4) is 0 Å². The molecule has 0 aromatic heterocycles. The van der Waals surface area contributed by atoms with E-state index in [4.69, 9.17) is 4.84 Å². The van der Waals surface area contributed by atoms with Gasteiger partial charge in [0.25, 0.3) is 5.91 Å². The third kappa shape index (κ3) is 5.74. The largest absolute Gasteiger partial charge is 0.748 e. The van der Waals surface area contributed by atoms with E-state index >= 15 is 0 Å². The first kappa shape index (κ1) is 22.9. The molecule has 0 aliphatic carbocycles. The van der Waals surface area contributed by atoms with Gasteiger partial charge in [-0.25, -0.2) is 14.5 Å². The van der Waals surface area contributed by atoms with Crippen LogP contribution in [0.3, 0.4) is 0 Å². The Morgan fingerprint density at radius 2 is 2.00 bits per heavy atom. The van der Waals surface area contributed by atoms with Crippen molar-refractivity contribution in [1.82, 2.24) is 25.7 Å². The molecule has 2 N–H and O–H groups in total. The van der Waals surface area contributed by atoms with Gasteiger partial charge < -0.3 is 19.7 Å². The van der Waals surface area contributed by atoms with Crippen LogP contribution in [0.1, 0.15) is 44.9 Å². The second-order valence-corrected chi connectivity index (χ2v) is 9.54. The molecule has 176 valence electrons. The van der Waals surface area contributed by atoms with E-state index in [0.717, 1.165) is 24.6 Å². The molecule has 0 spiro atoms. The van der Waals surface area contributed by atoms with Gasteiger partial charge in [0, 0.05) is 19.1 Å². The third-order valence-corrected chi connectivity index (χ3v) is 7.03. The lowest BCUT2D eigenvalue weighted by Crippen LogP contribution is -2.50. The molecule has 3 amide bonds. The predicted octanol–water partition coefficient (Wildman–Crippen LogP) is -0.117. The summed E-state index contributed by atoms with van der Waals surface area (Å²) in [5.74, 6) is 0.202. The van der Waals surface area contributed by atoms with E-state index < -0.39 is 29.3 Å². The van der Waals surface area contributed by atoms with E-state index in [1.165, 1.54) is 43.7 Å². The van der Waals surface area contributed by atoms with Crippen LogP contribution in [-0.2, 0) is 25.3 Å². The molecular formula is C19H32N5O6S-. The van der Waals surface area contributed by atoms with Crippen LogP contribution in [0.25, 0.3) is 0 Å². The average Bonchev–Trinajstić information content (AvgIpc) is 3.15. The van der Waals surface area contributed by atoms with E-state index in [0.29, 0.717) is 25.4 Å². The van der Waals surface area contributed by atoms with Gasteiger partial charge in [-0.2, -0.15) is 9.35 Å². The van der Waals surface area contributed by atoms with Gasteiger partial charge in [0.15, 0.2) is 0 Å². The van der Waals surface area contributed by atoms with E-state index in [-0.39, 0.29) is 18.6 Å². The maximum atomic E-state index is 12.6. The topological polar surface area (TPSA) is 127 Å². The number of carbonyl (C=O) groups excluding carboxylic acids is 2. The van der Waals surface area contributed by atoms with Crippen molar-refractivity contribution in [3.63, 3.8) is 0 Å². The molecule has 12 heteroatoms. The highest BCUT2D eigenvalue weighted by Crippen LogP contribution is 2.30. The fraction of sp³-hybridized carbons (Fsp3) is 0.895. The van der Waals surface area contributed by atoms with Crippen LogP contribution >= 0.6 is 0 Å². The number of likely N-dealkylation sites (tertiary alicyclic amines) is 1. The summed E-state index contributed by atoms with van der Waals surface area (Å²) in [5, 5.41) is 4.31. The molecule has 0 radical (unpaired) electrons. The summed E-state index contributed by atoms with van der Waals surface area (Å²) in [6.07, 6.45) is 7.18. The molecule has 11 nitrogen and oxygen atoms in total. The molecule has 4 saturated heterocycles. The summed E-state index contributed by atoms with van der Waals surface area (Å²) in [4.78, 5) is 34.3. The highest BCUT2D eigenvalue weighted by Gasteiger charge is 2.48. The number of nitrogens with one attached hydrogen (secondary N) is 2. The molecule has 2 bridgehead atoms. The summed E-state index contributed by atoms with van der Waals surface area (Å²) in [6.45, 7) is 5.09. The van der Waals surface area contributed by atoms with E-state index in [1.807, 2.05) is 0 Å². The first-order valence-corrected chi connectivity index (χ1v) is 12.3. The zero-order valence-electron chi connectivity index (χ0n) is 17.7. The molecule has 0 aromatic carbocycles. The lowest BCUT2D eigenvalue weighted by atomic mass is 10.0. The normalized spacial score (nSPS) is 32.9. The van der Waals surface area contributed by atoms with Crippen molar-refractivity contribution in [1.29, 1.82) is 0 Å². The third-order valence-electron chi connectivity index (χ3n) is 6.75. The molecule has 4 rings (SSSR count). The second kappa shape index (κ2) is 10.5. The number of urea groups is 1. The second-order valence-electron chi connectivity index (χ2n) is 8.99. The van der Waals surface area contributed by atoms with Crippen molar-refractivity contribution >= 4 is 23.3 Å². The molecule has 4 aliphatic rings. The van der Waals surface area contributed by atoms with Gasteiger partial charge in [-0.1, -0.05) is 12.8 Å². The van der Waals surface area contributed by atoms with E-state index in [9.17, 15) is 18.4 Å². The van der Waals surface area contributed by atoms with Crippen molar-refractivity contribution in [2.75, 3.05) is 39.3 Å². The fourth-order valence-corrected chi connectivity index (χ4v) is 5.52. The fourth-order valence-electron chi connectivity index (χ4n) is 5.20. The van der Waals surface area contributed by atoms with Crippen LogP contribution in [-0.4, -0.2) is 93.0 Å². The highest BCUT2D eigenvalue weighted by atomic mass is 32.2.